The number of amides is 2. The Hall–Kier alpha value is -3.95. The summed E-state index contributed by atoms with van der Waals surface area (Å²) < 4.78 is 1.50. The van der Waals surface area contributed by atoms with Crippen LogP contribution in [0, 0.1) is 18.8 Å². The van der Waals surface area contributed by atoms with E-state index in [4.69, 9.17) is 10.7 Å². The van der Waals surface area contributed by atoms with E-state index in [1.165, 1.54) is 17.4 Å². The number of nitrogen functional groups attached to an aromatic ring is 1. The molecule has 0 saturated heterocycles. The number of hydrogen-bond donors (Lipinski definition) is 3. The quantitative estimate of drug-likeness (QED) is 0.456. The number of nitrogens with one attached hydrogen (secondary N) is 1. The van der Waals surface area contributed by atoms with Gasteiger partial charge in [0.1, 0.15) is 5.56 Å². The van der Waals surface area contributed by atoms with Gasteiger partial charge in [0, 0.05) is 36.0 Å². The van der Waals surface area contributed by atoms with E-state index in [2.05, 4.69) is 17.3 Å². The zero-order valence-electron chi connectivity index (χ0n) is 21.6. The Bertz CT molecular complexity index is 1470. The zero-order chi connectivity index (χ0) is 26.7. The third-order valence-corrected chi connectivity index (χ3v) is 8.48. The highest BCUT2D eigenvalue weighted by atomic mass is 16.4. The third kappa shape index (κ3) is 4.17. The highest BCUT2D eigenvalue weighted by Gasteiger charge is 2.39. The van der Waals surface area contributed by atoms with Crippen molar-refractivity contribution < 1.29 is 19.5 Å². The van der Waals surface area contributed by atoms with Gasteiger partial charge in [-0.15, -0.1) is 5.10 Å². The van der Waals surface area contributed by atoms with Gasteiger partial charge in [-0.2, -0.15) is 0 Å². The minimum atomic E-state index is -0.783. The normalized spacial score (nSPS) is 21.9. The zero-order valence-corrected chi connectivity index (χ0v) is 21.6. The summed E-state index contributed by atoms with van der Waals surface area (Å²) in [7, 11) is 0. The second-order valence-corrected chi connectivity index (χ2v) is 11.0. The van der Waals surface area contributed by atoms with E-state index in [-0.39, 0.29) is 41.2 Å². The molecule has 2 amide bonds. The number of benzene rings is 1. The molecule has 38 heavy (non-hydrogen) atoms. The number of rotatable bonds is 6. The van der Waals surface area contributed by atoms with E-state index in [0.717, 1.165) is 22.3 Å². The molecule has 0 radical (unpaired) electrons. The number of fused-ring (bicyclic) bond motifs is 2. The van der Waals surface area contributed by atoms with Crippen molar-refractivity contribution in [2.75, 3.05) is 5.73 Å². The van der Waals surface area contributed by atoms with Crippen LogP contribution in [0.4, 0.5) is 5.82 Å². The van der Waals surface area contributed by atoms with Gasteiger partial charge in [0.15, 0.2) is 11.5 Å². The summed E-state index contributed by atoms with van der Waals surface area (Å²) >= 11 is 0. The summed E-state index contributed by atoms with van der Waals surface area (Å²) in [5.41, 5.74) is 11.0. The van der Waals surface area contributed by atoms with E-state index in [0.29, 0.717) is 49.5 Å². The number of carbonyl (C=O) groups excluding carboxylic acids is 2. The molecule has 2 fully saturated rings. The molecule has 10 heteroatoms. The largest absolute Gasteiger partial charge is 0.481 e. The van der Waals surface area contributed by atoms with Crippen LogP contribution in [-0.4, -0.2) is 54.5 Å². The molecule has 3 aromatic rings. The number of aromatic nitrogens is 3. The maximum absolute atomic E-state index is 13.2. The van der Waals surface area contributed by atoms with Crippen LogP contribution >= 0.6 is 0 Å². The Morgan fingerprint density at radius 2 is 1.89 bits per heavy atom. The van der Waals surface area contributed by atoms with Crippen LogP contribution in [0.1, 0.15) is 77.3 Å². The maximum Gasteiger partial charge on any atom is 0.306 e. The lowest BCUT2D eigenvalue weighted by atomic mass is 9.86. The fraction of sp³-hybridized carbons (Fsp3) is 0.464. The van der Waals surface area contributed by atoms with Crippen molar-refractivity contribution in [2.24, 2.45) is 11.8 Å². The molecule has 0 spiro atoms. The fourth-order valence-electron chi connectivity index (χ4n) is 6.07. The standard InChI is InChI=1S/C28H32N6O4/c1-14-11-18(12-19-13-33(27(36)22(14)19)15(2)16-3-4-16)21-9-10-34-25(31-21)23(24(29)32-34)26(35)30-20-7-5-17(6-8-20)28(37)38/h9-12,15-17,20H,3-8,13H2,1-2H3,(H2,29,32)(H,30,35)(H,37,38)/t15-,17?,20?/m0/s1. The first-order valence-corrected chi connectivity index (χ1v) is 13.3. The predicted octanol–water partition coefficient (Wildman–Crippen LogP) is 3.41. The van der Waals surface area contributed by atoms with Crippen LogP contribution in [-0.2, 0) is 11.3 Å². The molecular weight excluding hydrogens is 484 g/mol. The second-order valence-electron chi connectivity index (χ2n) is 11.0. The molecule has 6 rings (SSSR count). The van der Waals surface area contributed by atoms with Crippen molar-refractivity contribution in [3.63, 3.8) is 0 Å². The summed E-state index contributed by atoms with van der Waals surface area (Å²) in [6, 6.07) is 5.95. The summed E-state index contributed by atoms with van der Waals surface area (Å²) in [6.07, 6.45) is 6.37. The molecule has 0 bridgehead atoms. The highest BCUT2D eigenvalue weighted by Crippen LogP contribution is 2.39. The van der Waals surface area contributed by atoms with Crippen molar-refractivity contribution in [1.82, 2.24) is 24.8 Å². The van der Waals surface area contributed by atoms with Gasteiger partial charge in [-0.1, -0.05) is 0 Å². The molecule has 1 aliphatic heterocycles. The van der Waals surface area contributed by atoms with Gasteiger partial charge in [0.2, 0.25) is 0 Å². The molecule has 1 aromatic carbocycles. The van der Waals surface area contributed by atoms with E-state index in [1.807, 2.05) is 30.0 Å². The number of carbonyl (C=O) groups is 3. The third-order valence-electron chi connectivity index (χ3n) is 8.48. The van der Waals surface area contributed by atoms with Gasteiger partial charge in [0.25, 0.3) is 11.8 Å². The average Bonchev–Trinajstić information content (AvgIpc) is 3.60. The Morgan fingerprint density at radius 3 is 2.58 bits per heavy atom. The monoisotopic (exact) mass is 516 g/mol. The van der Waals surface area contributed by atoms with Crippen LogP contribution in [0.5, 0.6) is 0 Å². The smallest absolute Gasteiger partial charge is 0.306 e. The summed E-state index contributed by atoms with van der Waals surface area (Å²) in [5.74, 6) is -0.708. The number of hydrogen-bond acceptors (Lipinski definition) is 6. The van der Waals surface area contributed by atoms with Crippen LogP contribution < -0.4 is 11.1 Å². The van der Waals surface area contributed by atoms with E-state index in [9.17, 15) is 19.5 Å². The average molecular weight is 517 g/mol. The molecule has 10 nitrogen and oxygen atoms in total. The van der Waals surface area contributed by atoms with E-state index >= 15 is 0 Å². The van der Waals surface area contributed by atoms with Crippen LogP contribution in [0.15, 0.2) is 24.4 Å². The minimum Gasteiger partial charge on any atom is -0.481 e. The van der Waals surface area contributed by atoms with E-state index < -0.39 is 5.97 Å². The van der Waals surface area contributed by atoms with Gasteiger partial charge in [-0.05, 0) is 87.6 Å². The number of aryl methyl sites for hydroxylation is 1. The minimum absolute atomic E-state index is 0.0896. The lowest BCUT2D eigenvalue weighted by Crippen LogP contribution is -2.39. The fourth-order valence-corrected chi connectivity index (χ4v) is 6.07. The Balaban J connectivity index is 1.27. The van der Waals surface area contributed by atoms with Crippen molar-refractivity contribution in [1.29, 1.82) is 0 Å². The molecule has 2 saturated carbocycles. The first-order chi connectivity index (χ1) is 18.2. The van der Waals surface area contributed by atoms with Crippen molar-refractivity contribution >= 4 is 29.2 Å². The van der Waals surface area contributed by atoms with Crippen molar-refractivity contribution in [3.8, 4) is 11.3 Å². The van der Waals surface area contributed by atoms with Crippen molar-refractivity contribution in [2.45, 2.75) is 71.0 Å². The Kier molecular flexibility index (Phi) is 5.85. The Labute approximate surface area is 220 Å². The molecule has 198 valence electrons. The lowest BCUT2D eigenvalue weighted by molar-refractivity contribution is -0.142. The lowest BCUT2D eigenvalue weighted by Gasteiger charge is -2.26. The van der Waals surface area contributed by atoms with Gasteiger partial charge >= 0.3 is 5.97 Å². The molecule has 2 aliphatic carbocycles. The summed E-state index contributed by atoms with van der Waals surface area (Å²) in [4.78, 5) is 44.4. The van der Waals surface area contributed by atoms with Crippen molar-refractivity contribution in [3.05, 3.63) is 46.6 Å². The van der Waals surface area contributed by atoms with Gasteiger partial charge in [0.05, 0.1) is 11.6 Å². The maximum atomic E-state index is 13.2. The number of carboxylic acids is 1. The van der Waals surface area contributed by atoms with E-state index in [1.54, 1.807) is 6.20 Å². The number of carboxylic acid groups (broad SMARTS) is 1. The SMILES string of the molecule is Cc1cc(-c2ccn3nc(N)c(C(=O)NC4CCC(C(=O)O)CC4)c3n2)cc2c1C(=O)N([C@@H](C)C1CC1)C2. The molecular formula is C28H32N6O4. The molecule has 4 N–H and O–H groups in total. The van der Waals surface area contributed by atoms with Gasteiger partial charge in [-0.3, -0.25) is 14.4 Å². The number of nitrogens with two attached hydrogens (primary N) is 1. The first kappa shape index (κ1) is 24.4. The van der Waals surface area contributed by atoms with Gasteiger partial charge in [-0.25, -0.2) is 9.50 Å². The molecule has 1 atom stereocenters. The van der Waals surface area contributed by atoms with Crippen LogP contribution in [0.2, 0.25) is 0 Å². The molecule has 3 aliphatic rings. The number of anilines is 1. The topological polar surface area (TPSA) is 143 Å². The van der Waals surface area contributed by atoms with Gasteiger partial charge < -0.3 is 21.1 Å². The number of aliphatic carboxylic acids is 1. The Morgan fingerprint density at radius 1 is 1.16 bits per heavy atom. The molecule has 3 heterocycles. The summed E-state index contributed by atoms with van der Waals surface area (Å²) in [6.45, 7) is 4.70. The van der Waals surface area contributed by atoms with Crippen LogP contribution in [0.3, 0.4) is 0 Å². The molecule has 2 aromatic heterocycles. The highest BCUT2D eigenvalue weighted by molar-refractivity contribution is 6.04. The second kappa shape index (κ2) is 9.11. The number of nitrogens with zero attached hydrogens (tertiary/aromatic N) is 4. The molecule has 0 unspecified atom stereocenters. The summed E-state index contributed by atoms with van der Waals surface area (Å²) in [5, 5.41) is 16.5. The first-order valence-electron chi connectivity index (χ1n) is 13.3. The predicted molar refractivity (Wildman–Crippen MR) is 140 cm³/mol. The van der Waals surface area contributed by atoms with Crippen LogP contribution in [0.25, 0.3) is 16.9 Å².